The molecule has 0 aromatic rings. The maximum absolute atomic E-state index is 11.9. The first-order chi connectivity index (χ1) is 8.38. The summed E-state index contributed by atoms with van der Waals surface area (Å²) in [7, 11) is -0.619. The number of ether oxygens (including phenoxy) is 1. The van der Waals surface area contributed by atoms with Gasteiger partial charge in [-0.15, -0.1) is 0 Å². The van der Waals surface area contributed by atoms with Gasteiger partial charge in [-0.1, -0.05) is 12.2 Å². The summed E-state index contributed by atoms with van der Waals surface area (Å²) in [6.07, 6.45) is 11.0. The van der Waals surface area contributed by atoms with Gasteiger partial charge in [0.25, 0.3) is 0 Å². The number of nitrogens with zero attached hydrogens (tertiary/aromatic N) is 1. The van der Waals surface area contributed by atoms with Gasteiger partial charge in [-0.25, -0.2) is 14.8 Å². The van der Waals surface area contributed by atoms with Gasteiger partial charge in [0.05, 0.1) is 6.10 Å². The topological polar surface area (TPSA) is 49.8 Å². The minimum absolute atomic E-state index is 0.249. The average molecular weight is 275 g/mol. The highest BCUT2D eigenvalue weighted by Gasteiger charge is 2.17. The third kappa shape index (κ3) is 6.31. The fourth-order valence-corrected chi connectivity index (χ4v) is 2.22. The molecule has 0 aliphatic carbocycles. The Hall–Kier alpha value is -0.680. The molecule has 1 N–H and O–H groups in total. The number of carbonyl (C=O) groups excluding carboxylic acids is 1. The second kappa shape index (κ2) is 7.04. The van der Waals surface area contributed by atoms with Gasteiger partial charge in [0.15, 0.2) is 0 Å². The average Bonchev–Trinajstić information content (AvgIpc) is 2.22. The Morgan fingerprint density at radius 2 is 2.17 bits per heavy atom. The van der Waals surface area contributed by atoms with Crippen LogP contribution in [0, 0.1) is 0 Å². The van der Waals surface area contributed by atoms with Crippen molar-refractivity contribution < 1.29 is 14.6 Å². The lowest BCUT2D eigenvalue weighted by Gasteiger charge is -2.27. The van der Waals surface area contributed by atoms with Gasteiger partial charge in [-0.05, 0) is 31.6 Å². The smallest absolute Gasteiger partial charge is 0.409 e. The normalized spacial score (nSPS) is 24.0. The lowest BCUT2D eigenvalue weighted by Crippen LogP contribution is -2.36. The van der Waals surface area contributed by atoms with Crippen LogP contribution in [-0.2, 0) is 4.74 Å². The van der Waals surface area contributed by atoms with Gasteiger partial charge >= 0.3 is 6.09 Å². The molecule has 18 heavy (non-hydrogen) atoms. The first kappa shape index (κ1) is 15.4. The highest BCUT2D eigenvalue weighted by Crippen LogP contribution is 2.33. The highest BCUT2D eigenvalue weighted by molar-refractivity contribution is 8.32. The number of carbonyl (C=O) groups is 1. The van der Waals surface area contributed by atoms with Crippen LogP contribution in [0.2, 0.25) is 0 Å². The number of aliphatic hydroxyl groups excluding tert-OH is 1. The molecular formula is C13H25NO3S. The van der Waals surface area contributed by atoms with Crippen LogP contribution in [0.4, 0.5) is 4.79 Å². The Bertz CT molecular complexity index is 299. The van der Waals surface area contributed by atoms with Crippen LogP contribution in [0.5, 0.6) is 0 Å². The molecule has 0 radical (unpaired) electrons. The number of hydrogen-bond acceptors (Lipinski definition) is 3. The highest BCUT2D eigenvalue weighted by atomic mass is 32.3. The Morgan fingerprint density at radius 1 is 1.44 bits per heavy atom. The molecule has 0 fully saturated rings. The summed E-state index contributed by atoms with van der Waals surface area (Å²) in [6, 6.07) is 0. The molecule has 0 saturated carbocycles. The summed E-state index contributed by atoms with van der Waals surface area (Å²) < 4.78 is 5.29. The second-order valence-corrected chi connectivity index (χ2v) is 10.1. The van der Waals surface area contributed by atoms with Crippen molar-refractivity contribution >= 4 is 16.1 Å². The zero-order valence-corrected chi connectivity index (χ0v) is 12.4. The number of aliphatic hydroxyl groups is 1. The zero-order valence-electron chi connectivity index (χ0n) is 11.6. The Kier molecular flexibility index (Phi) is 6.02. The lowest BCUT2D eigenvalue weighted by atomic mass is 10.1. The largest absolute Gasteiger partial charge is 0.449 e. The van der Waals surface area contributed by atoms with Crippen molar-refractivity contribution in [3.05, 3.63) is 12.2 Å². The predicted octanol–water partition coefficient (Wildman–Crippen LogP) is 1.83. The van der Waals surface area contributed by atoms with Gasteiger partial charge < -0.3 is 14.7 Å². The van der Waals surface area contributed by atoms with Crippen LogP contribution in [0.15, 0.2) is 12.2 Å². The Balaban J connectivity index is 2.34. The molecule has 1 heterocycles. The van der Waals surface area contributed by atoms with Crippen LogP contribution in [-0.4, -0.2) is 66.4 Å². The number of hydrogen-bond donors (Lipinski definition) is 1. The van der Waals surface area contributed by atoms with Crippen LogP contribution < -0.4 is 0 Å². The molecule has 0 aromatic carbocycles. The van der Waals surface area contributed by atoms with E-state index in [0.29, 0.717) is 26.1 Å². The van der Waals surface area contributed by atoms with Crippen LogP contribution in [0.25, 0.3) is 0 Å². The molecule has 0 bridgehead atoms. The van der Waals surface area contributed by atoms with E-state index in [-0.39, 0.29) is 6.09 Å². The van der Waals surface area contributed by atoms with Crippen molar-refractivity contribution in [3.8, 4) is 0 Å². The van der Waals surface area contributed by atoms with E-state index in [1.54, 1.807) is 11.0 Å². The minimum atomic E-state index is -0.619. The number of rotatable bonds is 3. The van der Waals surface area contributed by atoms with Gasteiger partial charge in [-0.3, -0.25) is 0 Å². The third-order valence-corrected chi connectivity index (χ3v) is 4.19. The molecule has 4 nitrogen and oxygen atoms in total. The maximum atomic E-state index is 11.9. The molecule has 1 amide bonds. The fraction of sp³-hybridized carbons (Fsp3) is 0.769. The summed E-state index contributed by atoms with van der Waals surface area (Å²) in [6.45, 7) is 1.73. The van der Waals surface area contributed by atoms with E-state index in [4.69, 9.17) is 4.74 Å². The van der Waals surface area contributed by atoms with E-state index in [2.05, 4.69) is 18.8 Å². The lowest BCUT2D eigenvalue weighted by molar-refractivity contribution is 0.100. The van der Waals surface area contributed by atoms with Crippen LogP contribution in [0.1, 0.15) is 12.8 Å². The van der Waals surface area contributed by atoms with Crippen LogP contribution >= 0.6 is 10.0 Å². The standard InChI is InChI=1S/C13H25NO3S/c1-18(2,3)11-10-17-13(16)14-8-5-4-6-12(15)7-9-14/h4,6,12,15H,5,7-11H2,1-3H3/b6-4-. The van der Waals surface area contributed by atoms with Gasteiger partial charge in [0.2, 0.25) is 0 Å². The quantitative estimate of drug-likeness (QED) is 0.799. The van der Waals surface area contributed by atoms with E-state index in [1.165, 1.54) is 0 Å². The van der Waals surface area contributed by atoms with E-state index < -0.39 is 16.1 Å². The minimum Gasteiger partial charge on any atom is -0.449 e. The SMILES string of the molecule is CS(C)(C)CCOC(=O)N1CC/C=C\C(O)CC1. The van der Waals surface area contributed by atoms with E-state index in [9.17, 15) is 9.90 Å². The summed E-state index contributed by atoms with van der Waals surface area (Å²) >= 11 is 0. The molecular weight excluding hydrogens is 250 g/mol. The molecule has 0 aromatic heterocycles. The van der Waals surface area contributed by atoms with Crippen molar-refractivity contribution in [2.75, 3.05) is 44.2 Å². The van der Waals surface area contributed by atoms with Gasteiger partial charge in [0, 0.05) is 18.8 Å². The van der Waals surface area contributed by atoms with Gasteiger partial charge in [0.1, 0.15) is 6.61 Å². The first-order valence-corrected chi connectivity index (χ1v) is 9.33. The fourth-order valence-electron chi connectivity index (χ4n) is 1.63. The zero-order chi connectivity index (χ0) is 13.6. The summed E-state index contributed by atoms with van der Waals surface area (Å²) in [5.74, 6) is 0.940. The Labute approximate surface area is 111 Å². The third-order valence-electron chi connectivity index (χ3n) is 2.80. The molecule has 5 heteroatoms. The molecule has 1 unspecified atom stereocenters. The van der Waals surface area contributed by atoms with E-state index in [1.807, 2.05) is 6.08 Å². The molecule has 1 atom stereocenters. The van der Waals surface area contributed by atoms with E-state index in [0.717, 1.165) is 12.2 Å². The van der Waals surface area contributed by atoms with Crippen molar-refractivity contribution in [2.45, 2.75) is 18.9 Å². The first-order valence-electron chi connectivity index (χ1n) is 6.31. The molecule has 0 spiro atoms. The van der Waals surface area contributed by atoms with Crippen LogP contribution in [0.3, 0.4) is 0 Å². The summed E-state index contributed by atoms with van der Waals surface area (Å²) in [4.78, 5) is 13.5. The molecule has 1 aliphatic rings. The van der Waals surface area contributed by atoms with Crippen molar-refractivity contribution in [1.82, 2.24) is 4.90 Å². The summed E-state index contributed by atoms with van der Waals surface area (Å²) in [5, 5.41) is 9.53. The van der Waals surface area contributed by atoms with Crippen molar-refractivity contribution in [1.29, 1.82) is 0 Å². The molecule has 1 aliphatic heterocycles. The monoisotopic (exact) mass is 275 g/mol. The van der Waals surface area contributed by atoms with Gasteiger partial charge in [-0.2, -0.15) is 0 Å². The second-order valence-electron chi connectivity index (χ2n) is 5.47. The predicted molar refractivity (Wildman–Crippen MR) is 77.5 cm³/mol. The number of amides is 1. The maximum Gasteiger partial charge on any atom is 0.409 e. The molecule has 1 rings (SSSR count). The Morgan fingerprint density at radius 3 is 2.83 bits per heavy atom. The van der Waals surface area contributed by atoms with Crippen molar-refractivity contribution in [3.63, 3.8) is 0 Å². The molecule has 106 valence electrons. The van der Waals surface area contributed by atoms with E-state index >= 15 is 0 Å². The van der Waals surface area contributed by atoms with Crippen molar-refractivity contribution in [2.24, 2.45) is 0 Å². The summed E-state index contributed by atoms with van der Waals surface area (Å²) in [5.41, 5.74) is 0. The molecule has 0 saturated heterocycles.